The number of likely N-dealkylation sites (N-methyl/N-ethyl adjacent to an activating group) is 1. The summed E-state index contributed by atoms with van der Waals surface area (Å²) in [6, 6.07) is 24.4. The number of aliphatic hydroxyl groups is 1. The summed E-state index contributed by atoms with van der Waals surface area (Å²) in [4.78, 5) is 22.4. The van der Waals surface area contributed by atoms with Crippen molar-refractivity contribution in [2.45, 2.75) is 45.4 Å². The molecule has 1 aliphatic carbocycles. The van der Waals surface area contributed by atoms with Crippen LogP contribution in [0.15, 0.2) is 79.1 Å². The first kappa shape index (κ1) is 33.8. The third kappa shape index (κ3) is 6.53. The van der Waals surface area contributed by atoms with Crippen LogP contribution in [0.25, 0.3) is 22.3 Å². The molecule has 2 heterocycles. The Hall–Kier alpha value is -5.07. The first-order valence-electron chi connectivity index (χ1n) is 16.0. The maximum absolute atomic E-state index is 11.8. The number of aldehydes is 1. The fraction of sp³-hybridized carbons (Fsp3) is 0.250. The van der Waals surface area contributed by atoms with E-state index in [1.54, 1.807) is 12.3 Å². The minimum Gasteiger partial charge on any atom is -0.472 e. The van der Waals surface area contributed by atoms with Crippen LogP contribution in [0.2, 0.25) is 5.02 Å². The maximum atomic E-state index is 11.8. The second kappa shape index (κ2) is 14.2. The number of hydrogen-bond acceptors (Lipinski definition) is 8. The van der Waals surface area contributed by atoms with Gasteiger partial charge in [-0.05, 0) is 103 Å². The largest absolute Gasteiger partial charge is 0.472 e. The molecule has 6 rings (SSSR count). The molecule has 3 aromatic carbocycles. The van der Waals surface area contributed by atoms with Crippen molar-refractivity contribution in [3.8, 4) is 40.1 Å². The van der Waals surface area contributed by atoms with E-state index in [1.807, 2.05) is 32.3 Å². The van der Waals surface area contributed by atoms with Crippen molar-refractivity contribution in [3.05, 3.63) is 129 Å². The molecule has 49 heavy (non-hydrogen) atoms. The van der Waals surface area contributed by atoms with Gasteiger partial charge in [0.15, 0.2) is 6.29 Å². The predicted octanol–water partition coefficient (Wildman–Crippen LogP) is 7.62. The molecule has 0 amide bonds. The summed E-state index contributed by atoms with van der Waals surface area (Å²) in [6.45, 7) is 4.58. The number of aromatic nitrogens is 2. The van der Waals surface area contributed by atoms with Crippen LogP contribution in [0, 0.1) is 25.2 Å². The lowest BCUT2D eigenvalue weighted by atomic mass is 9.87. The number of carbonyl (C=O) groups is 1. The van der Waals surface area contributed by atoms with Gasteiger partial charge in [-0.2, -0.15) is 10.2 Å². The molecule has 0 saturated carbocycles. The van der Waals surface area contributed by atoms with Crippen LogP contribution in [0.5, 0.6) is 11.8 Å². The van der Waals surface area contributed by atoms with E-state index in [4.69, 9.17) is 26.3 Å². The molecule has 8 nitrogen and oxygen atoms in total. The van der Waals surface area contributed by atoms with Gasteiger partial charge in [0.2, 0.25) is 11.8 Å². The molecule has 0 spiro atoms. The van der Waals surface area contributed by atoms with Gasteiger partial charge in [-0.25, -0.2) is 0 Å². The third-order valence-corrected chi connectivity index (χ3v) is 9.91. The van der Waals surface area contributed by atoms with Gasteiger partial charge in [-0.15, -0.1) is 0 Å². The van der Waals surface area contributed by atoms with Gasteiger partial charge in [0, 0.05) is 18.0 Å². The number of pyridine rings is 2. The molecule has 1 atom stereocenters. The van der Waals surface area contributed by atoms with Crippen molar-refractivity contribution >= 4 is 17.9 Å². The number of halogens is 1. The predicted molar refractivity (Wildman–Crippen MR) is 190 cm³/mol. The molecule has 248 valence electrons. The van der Waals surface area contributed by atoms with E-state index in [1.165, 1.54) is 34.5 Å². The third-order valence-electron chi connectivity index (χ3n) is 9.64. The first-order chi connectivity index (χ1) is 23.7. The van der Waals surface area contributed by atoms with Gasteiger partial charge in [0.05, 0.1) is 23.3 Å². The highest BCUT2D eigenvalue weighted by molar-refractivity contribution is 6.32. The average Bonchev–Trinajstić information content (AvgIpc) is 3.50. The SMILES string of the molecule is Cc1c(COc2nc(OCc3cncc(C#N)c3)c(C=O)cc2Cl)cccc1-c1cccc(-c2ccc3c(c2)CCC3(CO)N(C)C)c1C. The van der Waals surface area contributed by atoms with Gasteiger partial charge in [0.1, 0.15) is 24.3 Å². The summed E-state index contributed by atoms with van der Waals surface area (Å²) in [5.41, 5.74) is 11.2. The van der Waals surface area contributed by atoms with Gasteiger partial charge < -0.3 is 14.6 Å². The number of aryl methyl sites for hydroxylation is 1. The van der Waals surface area contributed by atoms with Crippen LogP contribution in [0.3, 0.4) is 0 Å². The van der Waals surface area contributed by atoms with Crippen molar-refractivity contribution in [1.29, 1.82) is 5.26 Å². The van der Waals surface area contributed by atoms with Crippen LogP contribution >= 0.6 is 11.6 Å². The summed E-state index contributed by atoms with van der Waals surface area (Å²) in [5.74, 6) is 0.218. The summed E-state index contributed by atoms with van der Waals surface area (Å²) in [7, 11) is 4.07. The molecule has 0 fully saturated rings. The number of ether oxygens (including phenoxy) is 2. The maximum Gasteiger partial charge on any atom is 0.236 e. The summed E-state index contributed by atoms with van der Waals surface area (Å²) in [6.07, 6.45) is 5.50. The van der Waals surface area contributed by atoms with Crippen molar-refractivity contribution in [3.63, 3.8) is 0 Å². The second-order valence-corrected chi connectivity index (χ2v) is 13.0. The standard InChI is InChI=1S/C40H37ClN4O4/c1-25-31(23-49-39-37(41)17-32(21-46)38(44-39)48-22-28-15-27(18-42)19-43-20-28)7-5-9-34(25)35-10-6-8-33(26(35)2)29-11-12-36-30(16-29)13-14-40(36,24-47)45(3)4/h5-12,15-17,19-21,47H,13-14,22-24H2,1-4H3. The number of nitrogens with zero attached hydrogens (tertiary/aromatic N) is 4. The topological polar surface area (TPSA) is 109 Å². The monoisotopic (exact) mass is 672 g/mol. The van der Waals surface area contributed by atoms with Gasteiger partial charge in [0.25, 0.3) is 0 Å². The molecule has 1 aliphatic rings. The highest BCUT2D eigenvalue weighted by atomic mass is 35.5. The number of aliphatic hydroxyl groups excluding tert-OH is 1. The van der Waals surface area contributed by atoms with Crippen molar-refractivity contribution in [1.82, 2.24) is 14.9 Å². The average molecular weight is 673 g/mol. The summed E-state index contributed by atoms with van der Waals surface area (Å²) < 4.78 is 11.9. The Morgan fingerprint density at radius 3 is 2.43 bits per heavy atom. The number of nitriles is 1. The Labute approximate surface area is 291 Å². The van der Waals surface area contributed by atoms with E-state index in [2.05, 4.69) is 71.2 Å². The van der Waals surface area contributed by atoms with Crippen LogP contribution in [0.4, 0.5) is 0 Å². The molecular formula is C40H37ClN4O4. The smallest absolute Gasteiger partial charge is 0.236 e. The van der Waals surface area contributed by atoms with Gasteiger partial charge >= 0.3 is 0 Å². The number of benzene rings is 3. The fourth-order valence-electron chi connectivity index (χ4n) is 6.74. The highest BCUT2D eigenvalue weighted by Crippen LogP contribution is 2.43. The zero-order valence-corrected chi connectivity index (χ0v) is 28.7. The second-order valence-electron chi connectivity index (χ2n) is 12.6. The van der Waals surface area contributed by atoms with Crippen molar-refractivity contribution in [2.24, 2.45) is 0 Å². The summed E-state index contributed by atoms with van der Waals surface area (Å²) >= 11 is 6.48. The molecule has 2 aromatic heterocycles. The molecule has 1 unspecified atom stereocenters. The van der Waals surface area contributed by atoms with E-state index in [9.17, 15) is 9.90 Å². The Kier molecular flexibility index (Phi) is 9.79. The van der Waals surface area contributed by atoms with E-state index in [0.717, 1.165) is 40.7 Å². The molecule has 1 N–H and O–H groups in total. The Morgan fingerprint density at radius 2 is 1.69 bits per heavy atom. The molecular weight excluding hydrogens is 636 g/mol. The van der Waals surface area contributed by atoms with E-state index in [-0.39, 0.29) is 47.7 Å². The Morgan fingerprint density at radius 1 is 0.959 bits per heavy atom. The lowest BCUT2D eigenvalue weighted by Crippen LogP contribution is -2.42. The first-order valence-corrected chi connectivity index (χ1v) is 16.4. The highest BCUT2D eigenvalue weighted by Gasteiger charge is 2.40. The van der Waals surface area contributed by atoms with Crippen LogP contribution < -0.4 is 9.47 Å². The number of carbonyl (C=O) groups excluding carboxylic acids is 1. The molecule has 0 aliphatic heterocycles. The summed E-state index contributed by atoms with van der Waals surface area (Å²) in [5, 5.41) is 19.7. The number of hydrogen-bond donors (Lipinski definition) is 1. The molecule has 0 bridgehead atoms. The minimum atomic E-state index is -0.335. The van der Waals surface area contributed by atoms with Crippen LogP contribution in [0.1, 0.15) is 55.7 Å². The van der Waals surface area contributed by atoms with Crippen LogP contribution in [-0.2, 0) is 25.2 Å². The van der Waals surface area contributed by atoms with E-state index >= 15 is 0 Å². The van der Waals surface area contributed by atoms with Crippen molar-refractivity contribution in [2.75, 3.05) is 20.7 Å². The lowest BCUT2D eigenvalue weighted by molar-refractivity contribution is 0.0674. The molecule has 9 heteroatoms. The van der Waals surface area contributed by atoms with Crippen LogP contribution in [-0.4, -0.2) is 47.0 Å². The van der Waals surface area contributed by atoms with E-state index in [0.29, 0.717) is 17.4 Å². The zero-order valence-electron chi connectivity index (χ0n) is 28.0. The van der Waals surface area contributed by atoms with Gasteiger partial charge in [-0.1, -0.05) is 66.2 Å². The zero-order chi connectivity index (χ0) is 34.7. The Bertz CT molecular complexity index is 2090. The van der Waals surface area contributed by atoms with Gasteiger partial charge in [-0.3, -0.25) is 14.7 Å². The number of rotatable bonds is 11. The number of fused-ring (bicyclic) bond motifs is 1. The quantitative estimate of drug-likeness (QED) is 0.143. The normalized spacial score (nSPS) is 15.1. The Balaban J connectivity index is 1.24. The molecule has 0 radical (unpaired) electrons. The van der Waals surface area contributed by atoms with E-state index < -0.39 is 0 Å². The lowest BCUT2D eigenvalue weighted by Gasteiger charge is -2.35. The molecule has 5 aromatic rings. The van der Waals surface area contributed by atoms with Crippen molar-refractivity contribution < 1.29 is 19.4 Å². The fourth-order valence-corrected chi connectivity index (χ4v) is 6.95. The minimum absolute atomic E-state index is 0.0575. The molecule has 0 saturated heterocycles.